The Hall–Kier alpha value is -4.08. The topological polar surface area (TPSA) is 18.1 Å². The minimum Gasteiger partial charge on any atom is -0.455 e. The van der Waals surface area contributed by atoms with Crippen LogP contribution in [-0.2, 0) is 0 Å². The number of para-hydroxylation sites is 3. The Labute approximate surface area is 192 Å². The van der Waals surface area contributed by atoms with E-state index in [2.05, 4.69) is 108 Å². The van der Waals surface area contributed by atoms with Crippen LogP contribution in [0.4, 0.5) is 0 Å². The normalized spacial score (nSPS) is 12.2. The lowest BCUT2D eigenvalue weighted by atomic mass is 10.0. The van der Waals surface area contributed by atoms with Gasteiger partial charge in [0.05, 0.1) is 16.4 Å². The zero-order valence-corrected chi connectivity index (χ0v) is 18.4. The maximum absolute atomic E-state index is 6.62. The molecule has 2 nitrogen and oxygen atoms in total. The Kier molecular flexibility index (Phi) is 3.31. The van der Waals surface area contributed by atoms with Crippen molar-refractivity contribution in [1.82, 2.24) is 4.57 Å². The Morgan fingerprint density at radius 2 is 1.27 bits per heavy atom. The molecular weight excluding hydrogens is 422 g/mol. The summed E-state index contributed by atoms with van der Waals surface area (Å²) in [7, 11) is 0. The second kappa shape index (κ2) is 6.25. The van der Waals surface area contributed by atoms with Crippen molar-refractivity contribution in [1.29, 1.82) is 0 Å². The van der Waals surface area contributed by atoms with Crippen LogP contribution in [0.25, 0.3) is 69.6 Å². The molecule has 0 aliphatic rings. The summed E-state index contributed by atoms with van der Waals surface area (Å²) in [6.45, 7) is 0. The molecule has 154 valence electrons. The van der Waals surface area contributed by atoms with Crippen molar-refractivity contribution in [3.05, 3.63) is 103 Å². The summed E-state index contributed by atoms with van der Waals surface area (Å²) in [4.78, 5) is 0. The molecule has 0 aliphatic carbocycles. The Bertz CT molecular complexity index is 1990. The molecule has 0 fully saturated rings. The van der Waals surface area contributed by atoms with Crippen LogP contribution in [0.2, 0.25) is 0 Å². The van der Waals surface area contributed by atoms with Crippen molar-refractivity contribution >= 4 is 75.3 Å². The second-order valence-corrected chi connectivity index (χ2v) is 9.57. The molecule has 3 aromatic heterocycles. The van der Waals surface area contributed by atoms with Gasteiger partial charge in [-0.05, 0) is 30.3 Å². The van der Waals surface area contributed by atoms with Crippen LogP contribution in [0.3, 0.4) is 0 Å². The predicted octanol–water partition coefficient (Wildman–Crippen LogP) is 9.05. The standard InChI is InChI=1S/C30H17NOS/c1-2-10-18(11-3-1)31-22-15-7-4-12-19(22)25-28(31)26-21-14-6-9-17-24(21)33-30(26)27-20-13-5-8-16-23(20)32-29(25)27/h1-17H. The quantitative estimate of drug-likeness (QED) is 0.249. The summed E-state index contributed by atoms with van der Waals surface area (Å²) in [6, 6.07) is 36.6. The van der Waals surface area contributed by atoms with Crippen molar-refractivity contribution in [2.75, 3.05) is 0 Å². The maximum atomic E-state index is 6.62. The first-order valence-corrected chi connectivity index (χ1v) is 11.9. The van der Waals surface area contributed by atoms with Crippen LogP contribution in [0.1, 0.15) is 0 Å². The first kappa shape index (κ1) is 17.5. The Morgan fingerprint density at radius 1 is 0.576 bits per heavy atom. The van der Waals surface area contributed by atoms with E-state index in [1.165, 1.54) is 52.8 Å². The van der Waals surface area contributed by atoms with Gasteiger partial charge >= 0.3 is 0 Å². The lowest BCUT2D eigenvalue weighted by Gasteiger charge is -2.09. The van der Waals surface area contributed by atoms with Crippen LogP contribution in [0.15, 0.2) is 108 Å². The number of fused-ring (bicyclic) bond motifs is 12. The summed E-state index contributed by atoms with van der Waals surface area (Å²) in [6.07, 6.45) is 0. The Balaban J connectivity index is 1.80. The molecule has 0 aliphatic heterocycles. The van der Waals surface area contributed by atoms with E-state index in [0.717, 1.165) is 16.9 Å². The third-order valence-corrected chi connectivity index (χ3v) is 7.96. The molecule has 0 amide bonds. The van der Waals surface area contributed by atoms with Crippen LogP contribution >= 0.6 is 11.3 Å². The molecule has 5 aromatic carbocycles. The zero-order valence-electron chi connectivity index (χ0n) is 17.6. The molecule has 33 heavy (non-hydrogen) atoms. The molecule has 0 bridgehead atoms. The van der Waals surface area contributed by atoms with Crippen molar-refractivity contribution in [3.8, 4) is 5.69 Å². The molecule has 0 N–H and O–H groups in total. The number of hydrogen-bond acceptors (Lipinski definition) is 2. The molecule has 3 heteroatoms. The van der Waals surface area contributed by atoms with Crippen molar-refractivity contribution in [2.24, 2.45) is 0 Å². The van der Waals surface area contributed by atoms with Crippen LogP contribution in [0, 0.1) is 0 Å². The lowest BCUT2D eigenvalue weighted by molar-refractivity contribution is 0.673. The van der Waals surface area contributed by atoms with Crippen LogP contribution in [0.5, 0.6) is 0 Å². The summed E-state index contributed by atoms with van der Waals surface area (Å²) in [5.41, 5.74) is 5.51. The number of rotatable bonds is 1. The van der Waals surface area contributed by atoms with E-state index in [4.69, 9.17) is 4.42 Å². The molecular formula is C30H17NOS. The van der Waals surface area contributed by atoms with Gasteiger partial charge in [-0.3, -0.25) is 0 Å². The van der Waals surface area contributed by atoms with Crippen molar-refractivity contribution < 1.29 is 4.42 Å². The van der Waals surface area contributed by atoms with E-state index in [1.54, 1.807) is 0 Å². The zero-order chi connectivity index (χ0) is 21.5. The van der Waals surface area contributed by atoms with Gasteiger partial charge in [-0.25, -0.2) is 0 Å². The van der Waals surface area contributed by atoms with E-state index in [0.29, 0.717) is 0 Å². The minimum absolute atomic E-state index is 0.940. The summed E-state index contributed by atoms with van der Waals surface area (Å²) >= 11 is 1.87. The van der Waals surface area contributed by atoms with E-state index in [9.17, 15) is 0 Å². The first-order valence-electron chi connectivity index (χ1n) is 11.1. The fourth-order valence-electron chi connectivity index (χ4n) is 5.46. The third kappa shape index (κ3) is 2.17. The first-order chi connectivity index (χ1) is 16.4. The number of furan rings is 1. The summed E-state index contributed by atoms with van der Waals surface area (Å²) < 4.78 is 11.6. The van der Waals surface area contributed by atoms with E-state index < -0.39 is 0 Å². The van der Waals surface area contributed by atoms with Gasteiger partial charge in [0.15, 0.2) is 0 Å². The van der Waals surface area contributed by atoms with Gasteiger partial charge in [0.1, 0.15) is 11.2 Å². The smallest absolute Gasteiger partial charge is 0.146 e. The molecule has 0 saturated heterocycles. The van der Waals surface area contributed by atoms with Crippen LogP contribution < -0.4 is 0 Å². The molecule has 3 heterocycles. The van der Waals surface area contributed by atoms with Gasteiger partial charge in [0, 0.05) is 42.0 Å². The van der Waals surface area contributed by atoms with E-state index >= 15 is 0 Å². The SMILES string of the molecule is c1ccc(-n2c3ccccc3c3c4oc5ccccc5c4c4sc5ccccc5c4c32)cc1. The highest BCUT2D eigenvalue weighted by Crippen LogP contribution is 2.50. The van der Waals surface area contributed by atoms with Crippen molar-refractivity contribution in [3.63, 3.8) is 0 Å². The molecule has 8 aromatic rings. The van der Waals surface area contributed by atoms with Gasteiger partial charge in [-0.2, -0.15) is 0 Å². The minimum atomic E-state index is 0.940. The molecule has 0 saturated carbocycles. The number of aromatic nitrogens is 1. The number of hydrogen-bond donors (Lipinski definition) is 0. The highest BCUT2D eigenvalue weighted by Gasteiger charge is 2.24. The van der Waals surface area contributed by atoms with Crippen LogP contribution in [-0.4, -0.2) is 4.57 Å². The lowest BCUT2D eigenvalue weighted by Crippen LogP contribution is -1.93. The molecule has 8 rings (SSSR count). The van der Waals surface area contributed by atoms with E-state index in [-0.39, 0.29) is 0 Å². The molecule has 0 atom stereocenters. The fraction of sp³-hybridized carbons (Fsp3) is 0. The average Bonchev–Trinajstić information content (AvgIpc) is 3.53. The second-order valence-electron chi connectivity index (χ2n) is 8.52. The van der Waals surface area contributed by atoms with Crippen molar-refractivity contribution in [2.45, 2.75) is 0 Å². The largest absolute Gasteiger partial charge is 0.455 e. The fourth-order valence-corrected chi connectivity index (χ4v) is 6.72. The van der Waals surface area contributed by atoms with Gasteiger partial charge in [-0.15, -0.1) is 11.3 Å². The van der Waals surface area contributed by atoms with Gasteiger partial charge in [-0.1, -0.05) is 72.8 Å². The maximum Gasteiger partial charge on any atom is 0.146 e. The van der Waals surface area contributed by atoms with Gasteiger partial charge in [0.25, 0.3) is 0 Å². The molecule has 0 spiro atoms. The highest BCUT2D eigenvalue weighted by molar-refractivity contribution is 7.27. The average molecular weight is 440 g/mol. The summed E-state index contributed by atoms with van der Waals surface area (Å²) in [5.74, 6) is 0. The number of benzene rings is 5. The highest BCUT2D eigenvalue weighted by atomic mass is 32.1. The predicted molar refractivity (Wildman–Crippen MR) is 141 cm³/mol. The number of thiophene rings is 1. The van der Waals surface area contributed by atoms with Gasteiger partial charge in [0.2, 0.25) is 0 Å². The summed E-state index contributed by atoms with van der Waals surface area (Å²) in [5, 5.41) is 7.43. The monoisotopic (exact) mass is 439 g/mol. The molecule has 0 unspecified atom stereocenters. The van der Waals surface area contributed by atoms with Gasteiger partial charge < -0.3 is 8.98 Å². The molecule has 0 radical (unpaired) electrons. The van der Waals surface area contributed by atoms with E-state index in [1.807, 2.05) is 11.3 Å². The Morgan fingerprint density at radius 3 is 2.15 bits per heavy atom. The third-order valence-electron chi connectivity index (χ3n) is 6.77. The number of nitrogens with zero attached hydrogens (tertiary/aromatic N) is 1.